The average molecular weight is 277 g/mol. The van der Waals surface area contributed by atoms with E-state index in [9.17, 15) is 9.59 Å². The SMILES string of the molecule is CCC(N)CC(=O)Nc1cccc(N2CCOC2=O)c1. The summed E-state index contributed by atoms with van der Waals surface area (Å²) in [6.45, 7) is 2.86. The van der Waals surface area contributed by atoms with Crippen molar-refractivity contribution in [3.05, 3.63) is 24.3 Å². The molecule has 108 valence electrons. The summed E-state index contributed by atoms with van der Waals surface area (Å²) in [6, 6.07) is 6.99. The zero-order valence-electron chi connectivity index (χ0n) is 11.5. The number of benzene rings is 1. The van der Waals surface area contributed by atoms with Gasteiger partial charge in [0, 0.05) is 23.8 Å². The van der Waals surface area contributed by atoms with Gasteiger partial charge in [-0.1, -0.05) is 13.0 Å². The number of nitrogens with zero attached hydrogens (tertiary/aromatic N) is 1. The Kier molecular flexibility index (Phi) is 4.57. The average Bonchev–Trinajstić information content (AvgIpc) is 2.85. The van der Waals surface area contributed by atoms with Gasteiger partial charge in [-0.25, -0.2) is 4.79 Å². The minimum Gasteiger partial charge on any atom is -0.447 e. The quantitative estimate of drug-likeness (QED) is 0.858. The first-order valence-corrected chi connectivity index (χ1v) is 6.70. The van der Waals surface area contributed by atoms with Gasteiger partial charge >= 0.3 is 6.09 Å². The molecule has 2 amide bonds. The van der Waals surface area contributed by atoms with E-state index < -0.39 is 0 Å². The molecule has 1 fully saturated rings. The second-order valence-electron chi connectivity index (χ2n) is 4.74. The number of nitrogens with one attached hydrogen (secondary N) is 1. The van der Waals surface area contributed by atoms with Crippen LogP contribution >= 0.6 is 0 Å². The first kappa shape index (κ1) is 14.3. The second kappa shape index (κ2) is 6.38. The number of carbonyl (C=O) groups is 2. The van der Waals surface area contributed by atoms with Crippen molar-refractivity contribution in [2.75, 3.05) is 23.4 Å². The lowest BCUT2D eigenvalue weighted by Crippen LogP contribution is -2.26. The predicted molar refractivity (Wildman–Crippen MR) is 76.6 cm³/mol. The third kappa shape index (κ3) is 3.48. The highest BCUT2D eigenvalue weighted by Gasteiger charge is 2.23. The van der Waals surface area contributed by atoms with Crippen LogP contribution in [0.1, 0.15) is 19.8 Å². The van der Waals surface area contributed by atoms with Crippen molar-refractivity contribution in [1.82, 2.24) is 0 Å². The number of nitrogens with two attached hydrogens (primary N) is 1. The van der Waals surface area contributed by atoms with Crippen molar-refractivity contribution < 1.29 is 14.3 Å². The summed E-state index contributed by atoms with van der Waals surface area (Å²) in [4.78, 5) is 24.8. The van der Waals surface area contributed by atoms with Crippen molar-refractivity contribution in [2.45, 2.75) is 25.8 Å². The number of hydrogen-bond donors (Lipinski definition) is 2. The molecule has 1 aliphatic heterocycles. The predicted octanol–water partition coefficient (Wildman–Crippen LogP) is 1.71. The van der Waals surface area contributed by atoms with E-state index in [2.05, 4.69) is 5.32 Å². The van der Waals surface area contributed by atoms with Gasteiger partial charge in [0.05, 0.1) is 6.54 Å². The van der Waals surface area contributed by atoms with Gasteiger partial charge in [-0.15, -0.1) is 0 Å². The maximum atomic E-state index is 11.8. The Bertz CT molecular complexity index is 504. The smallest absolute Gasteiger partial charge is 0.414 e. The van der Waals surface area contributed by atoms with Crippen LogP contribution in [0.25, 0.3) is 0 Å². The van der Waals surface area contributed by atoms with E-state index in [1.807, 2.05) is 6.92 Å². The number of carbonyl (C=O) groups excluding carboxylic acids is 2. The summed E-state index contributed by atoms with van der Waals surface area (Å²) in [7, 11) is 0. The topological polar surface area (TPSA) is 84.7 Å². The van der Waals surface area contributed by atoms with Crippen molar-refractivity contribution in [3.63, 3.8) is 0 Å². The largest absolute Gasteiger partial charge is 0.447 e. The Morgan fingerprint density at radius 2 is 2.35 bits per heavy atom. The van der Waals surface area contributed by atoms with Gasteiger partial charge in [0.25, 0.3) is 0 Å². The highest BCUT2D eigenvalue weighted by molar-refractivity contribution is 5.93. The maximum Gasteiger partial charge on any atom is 0.414 e. The highest BCUT2D eigenvalue weighted by Crippen LogP contribution is 2.22. The van der Waals surface area contributed by atoms with Crippen LogP contribution in [0.4, 0.5) is 16.2 Å². The minimum absolute atomic E-state index is 0.125. The molecule has 1 aliphatic rings. The molecule has 1 aromatic carbocycles. The van der Waals surface area contributed by atoms with Gasteiger partial charge in [0.2, 0.25) is 5.91 Å². The molecule has 6 heteroatoms. The van der Waals surface area contributed by atoms with E-state index in [1.54, 1.807) is 24.3 Å². The van der Waals surface area contributed by atoms with E-state index in [4.69, 9.17) is 10.5 Å². The molecule has 20 heavy (non-hydrogen) atoms. The molecule has 1 unspecified atom stereocenters. The molecule has 1 saturated heterocycles. The number of anilines is 2. The molecule has 2 rings (SSSR count). The fraction of sp³-hybridized carbons (Fsp3) is 0.429. The summed E-state index contributed by atoms with van der Waals surface area (Å²) < 4.78 is 4.89. The molecular weight excluding hydrogens is 258 g/mol. The Labute approximate surface area is 117 Å². The number of amides is 2. The Balaban J connectivity index is 2.02. The first-order chi connectivity index (χ1) is 9.60. The molecule has 1 aromatic rings. The highest BCUT2D eigenvalue weighted by atomic mass is 16.6. The third-order valence-corrected chi connectivity index (χ3v) is 3.17. The van der Waals surface area contributed by atoms with Gasteiger partial charge in [0.15, 0.2) is 0 Å². The molecule has 1 heterocycles. The molecule has 0 saturated carbocycles. The fourth-order valence-corrected chi connectivity index (χ4v) is 1.97. The van der Waals surface area contributed by atoms with Crippen LogP contribution in [0.3, 0.4) is 0 Å². The third-order valence-electron chi connectivity index (χ3n) is 3.17. The van der Waals surface area contributed by atoms with E-state index in [0.29, 0.717) is 24.5 Å². The standard InChI is InChI=1S/C14H19N3O3/c1-2-10(15)8-13(18)16-11-4-3-5-12(9-11)17-6-7-20-14(17)19/h3-5,9-10H,2,6-8,15H2,1H3,(H,16,18). The van der Waals surface area contributed by atoms with Gasteiger partial charge < -0.3 is 15.8 Å². The maximum absolute atomic E-state index is 11.8. The number of hydrogen-bond acceptors (Lipinski definition) is 4. The second-order valence-corrected chi connectivity index (χ2v) is 4.74. The van der Waals surface area contributed by atoms with Gasteiger partial charge in [0.1, 0.15) is 6.61 Å². The molecule has 0 spiro atoms. The molecule has 1 atom stereocenters. The van der Waals surface area contributed by atoms with E-state index >= 15 is 0 Å². The molecule has 0 aromatic heterocycles. The van der Waals surface area contributed by atoms with Gasteiger partial charge in [-0.2, -0.15) is 0 Å². The van der Waals surface area contributed by atoms with Crippen LogP contribution in [0.2, 0.25) is 0 Å². The van der Waals surface area contributed by atoms with Crippen LogP contribution in [0.15, 0.2) is 24.3 Å². The van der Waals surface area contributed by atoms with Crippen LogP contribution < -0.4 is 16.0 Å². The monoisotopic (exact) mass is 277 g/mol. The molecule has 0 radical (unpaired) electrons. The summed E-state index contributed by atoms with van der Waals surface area (Å²) in [5.41, 5.74) is 7.11. The van der Waals surface area contributed by atoms with Crippen LogP contribution in [-0.2, 0) is 9.53 Å². The number of rotatable bonds is 5. The van der Waals surface area contributed by atoms with E-state index in [1.165, 1.54) is 4.90 Å². The van der Waals surface area contributed by atoms with E-state index in [0.717, 1.165) is 6.42 Å². The van der Waals surface area contributed by atoms with Crippen molar-refractivity contribution in [3.8, 4) is 0 Å². The number of ether oxygens (including phenoxy) is 1. The zero-order chi connectivity index (χ0) is 14.5. The molecule has 3 N–H and O–H groups in total. The lowest BCUT2D eigenvalue weighted by molar-refractivity contribution is -0.116. The Hall–Kier alpha value is -2.08. The molecule has 0 bridgehead atoms. The van der Waals surface area contributed by atoms with E-state index in [-0.39, 0.29) is 24.5 Å². The Morgan fingerprint density at radius 3 is 3.00 bits per heavy atom. The first-order valence-electron chi connectivity index (χ1n) is 6.70. The Morgan fingerprint density at radius 1 is 1.55 bits per heavy atom. The normalized spacial score (nSPS) is 15.9. The summed E-state index contributed by atoms with van der Waals surface area (Å²) >= 11 is 0. The van der Waals surface area contributed by atoms with Crippen molar-refractivity contribution in [1.29, 1.82) is 0 Å². The van der Waals surface area contributed by atoms with Crippen LogP contribution in [0, 0.1) is 0 Å². The van der Waals surface area contributed by atoms with Crippen molar-refractivity contribution in [2.24, 2.45) is 5.73 Å². The lowest BCUT2D eigenvalue weighted by atomic mass is 10.1. The fourth-order valence-electron chi connectivity index (χ4n) is 1.97. The van der Waals surface area contributed by atoms with Crippen LogP contribution in [0.5, 0.6) is 0 Å². The van der Waals surface area contributed by atoms with Crippen molar-refractivity contribution >= 4 is 23.4 Å². The summed E-state index contributed by atoms with van der Waals surface area (Å²) in [5.74, 6) is -0.125. The molecule has 6 nitrogen and oxygen atoms in total. The molecule has 0 aliphatic carbocycles. The van der Waals surface area contributed by atoms with Gasteiger partial charge in [-0.3, -0.25) is 9.69 Å². The summed E-state index contributed by atoms with van der Waals surface area (Å²) in [6.07, 6.45) is 0.681. The van der Waals surface area contributed by atoms with Crippen LogP contribution in [-0.4, -0.2) is 31.2 Å². The number of cyclic esters (lactones) is 1. The minimum atomic E-state index is -0.360. The molecular formula is C14H19N3O3. The summed E-state index contributed by atoms with van der Waals surface area (Å²) in [5, 5.41) is 2.79. The zero-order valence-corrected chi connectivity index (χ0v) is 11.5. The van der Waals surface area contributed by atoms with Gasteiger partial charge in [-0.05, 0) is 24.6 Å². The lowest BCUT2D eigenvalue weighted by Gasteiger charge is -2.14.